The molecular formula is C17H11F2N3O. The van der Waals surface area contributed by atoms with Gasteiger partial charge < -0.3 is 0 Å². The van der Waals surface area contributed by atoms with Gasteiger partial charge in [0.1, 0.15) is 6.29 Å². The summed E-state index contributed by atoms with van der Waals surface area (Å²) in [6.45, 7) is 0.816. The molecule has 1 aromatic carbocycles. The van der Waals surface area contributed by atoms with Crippen LogP contribution in [0.3, 0.4) is 0 Å². The van der Waals surface area contributed by atoms with Crippen molar-refractivity contribution < 1.29 is 13.6 Å². The van der Waals surface area contributed by atoms with Gasteiger partial charge in [0.15, 0.2) is 11.5 Å². The molecule has 0 aliphatic carbocycles. The van der Waals surface area contributed by atoms with Crippen LogP contribution in [0.15, 0.2) is 52.6 Å². The maximum Gasteiger partial charge on any atom is 0.272 e. The summed E-state index contributed by atoms with van der Waals surface area (Å²) in [5.41, 5.74) is 1.79. The third-order valence-corrected chi connectivity index (χ3v) is 3.28. The monoisotopic (exact) mass is 311 g/mol. The standard InChI is InChI=1S/C17H11F2N3O/c1-17(18,19)13-5-6-14(20-8-13)15-9-21-16(22-15)12-4-2-3-11(7-12)10-23/h2-8,10H,1H3. The molecule has 0 spiro atoms. The van der Waals surface area contributed by atoms with Crippen LogP contribution in [-0.2, 0) is 5.92 Å². The van der Waals surface area contributed by atoms with Crippen molar-refractivity contribution in [3.8, 4) is 0 Å². The number of alkyl halides is 2. The van der Waals surface area contributed by atoms with Crippen LogP contribution in [-0.4, -0.2) is 23.0 Å². The van der Waals surface area contributed by atoms with Crippen LogP contribution in [0, 0.1) is 0 Å². The summed E-state index contributed by atoms with van der Waals surface area (Å²) in [5.74, 6) is 0.178. The lowest BCUT2D eigenvalue weighted by Gasteiger charge is -2.09. The Hall–Kier alpha value is -2.98. The molecule has 0 atom stereocenters. The van der Waals surface area contributed by atoms with Crippen molar-refractivity contribution in [2.45, 2.75) is 12.8 Å². The van der Waals surface area contributed by atoms with Crippen LogP contribution >= 0.6 is 0 Å². The van der Waals surface area contributed by atoms with Gasteiger partial charge >= 0.3 is 0 Å². The van der Waals surface area contributed by atoms with E-state index in [9.17, 15) is 13.6 Å². The molecule has 1 aromatic heterocycles. The molecular weight excluding hydrogens is 300 g/mol. The molecule has 0 N–H and O–H groups in total. The first-order valence-electron chi connectivity index (χ1n) is 6.80. The number of halogens is 2. The zero-order valence-electron chi connectivity index (χ0n) is 12.1. The summed E-state index contributed by atoms with van der Waals surface area (Å²) < 4.78 is 26.4. The second-order valence-corrected chi connectivity index (χ2v) is 5.07. The third-order valence-electron chi connectivity index (χ3n) is 3.28. The van der Waals surface area contributed by atoms with E-state index in [-0.39, 0.29) is 5.56 Å². The number of carbonyl (C=O) groups is 1. The molecule has 0 saturated heterocycles. The third kappa shape index (κ3) is 3.12. The average Bonchev–Trinajstić information content (AvgIpc) is 3.04. The van der Waals surface area contributed by atoms with E-state index < -0.39 is 5.92 Å². The van der Waals surface area contributed by atoms with Gasteiger partial charge in [-0.3, -0.25) is 9.78 Å². The Balaban J connectivity index is 1.87. The van der Waals surface area contributed by atoms with Gasteiger partial charge in [0.2, 0.25) is 0 Å². The largest absolute Gasteiger partial charge is 0.298 e. The summed E-state index contributed by atoms with van der Waals surface area (Å²) >= 11 is 0. The molecule has 0 bridgehead atoms. The van der Waals surface area contributed by atoms with E-state index >= 15 is 0 Å². The Kier molecular flexibility index (Phi) is 3.68. The van der Waals surface area contributed by atoms with E-state index in [2.05, 4.69) is 20.8 Å². The molecule has 2 aromatic rings. The molecule has 0 amide bonds. The molecule has 1 aliphatic heterocycles. The van der Waals surface area contributed by atoms with Crippen LogP contribution in [0.5, 0.6) is 0 Å². The molecule has 0 fully saturated rings. The number of hydrogen-bond donors (Lipinski definition) is 0. The Morgan fingerprint density at radius 3 is 2.70 bits per heavy atom. The first kappa shape index (κ1) is 14.9. The maximum absolute atomic E-state index is 13.2. The minimum absolute atomic E-state index is 0.167. The van der Waals surface area contributed by atoms with Crippen molar-refractivity contribution in [3.63, 3.8) is 0 Å². The minimum atomic E-state index is -2.94. The molecule has 1 aliphatic rings. The number of carbonyl (C=O) groups excluding carboxylic acids is 1. The molecule has 4 nitrogen and oxygen atoms in total. The highest BCUT2D eigenvalue weighted by molar-refractivity contribution is 6.13. The molecule has 2 heterocycles. The van der Waals surface area contributed by atoms with E-state index in [0.29, 0.717) is 28.4 Å². The Labute approximate surface area is 130 Å². The van der Waals surface area contributed by atoms with Gasteiger partial charge in [-0.1, -0.05) is 18.2 Å². The smallest absolute Gasteiger partial charge is 0.272 e. The van der Waals surface area contributed by atoms with Crippen molar-refractivity contribution in [2.75, 3.05) is 0 Å². The van der Waals surface area contributed by atoms with Crippen molar-refractivity contribution in [3.05, 3.63) is 65.0 Å². The first-order chi connectivity index (χ1) is 11.0. The topological polar surface area (TPSA) is 54.7 Å². The summed E-state index contributed by atoms with van der Waals surface area (Å²) in [6, 6.07) is 9.60. The number of aliphatic imine (C=N–C) groups is 2. The van der Waals surface area contributed by atoms with Gasteiger partial charge in [0.05, 0.1) is 5.69 Å². The summed E-state index contributed by atoms with van der Waals surface area (Å²) in [6.07, 6.45) is 1.85. The number of aldehydes is 1. The molecule has 114 valence electrons. The quantitative estimate of drug-likeness (QED) is 0.812. The average molecular weight is 311 g/mol. The van der Waals surface area contributed by atoms with E-state index in [1.54, 1.807) is 24.3 Å². The van der Waals surface area contributed by atoms with Crippen LogP contribution in [0.4, 0.5) is 8.78 Å². The number of benzene rings is 1. The Morgan fingerprint density at radius 2 is 2.04 bits per heavy atom. The molecule has 0 unspecified atom stereocenters. The van der Waals surface area contributed by atoms with E-state index in [1.807, 2.05) is 0 Å². The highest BCUT2D eigenvalue weighted by atomic mass is 19.3. The highest BCUT2D eigenvalue weighted by Crippen LogP contribution is 2.27. The lowest BCUT2D eigenvalue weighted by molar-refractivity contribution is 0.0171. The lowest BCUT2D eigenvalue weighted by atomic mass is 10.1. The van der Waals surface area contributed by atoms with Crippen LogP contribution in [0.1, 0.15) is 34.1 Å². The van der Waals surface area contributed by atoms with Crippen LogP contribution in [0.2, 0.25) is 0 Å². The van der Waals surface area contributed by atoms with E-state index in [4.69, 9.17) is 0 Å². The van der Waals surface area contributed by atoms with Gasteiger partial charge in [0, 0.05) is 35.7 Å². The Morgan fingerprint density at radius 1 is 1.22 bits per heavy atom. The van der Waals surface area contributed by atoms with Crippen molar-refractivity contribution in [1.82, 2.24) is 4.98 Å². The van der Waals surface area contributed by atoms with Gasteiger partial charge in [-0.25, -0.2) is 13.8 Å². The number of rotatable bonds is 4. The van der Waals surface area contributed by atoms with Gasteiger partial charge in [-0.05, 0) is 18.2 Å². The predicted octanol–water partition coefficient (Wildman–Crippen LogP) is 3.48. The zero-order valence-corrected chi connectivity index (χ0v) is 12.1. The SMILES string of the molecule is CC(F)(F)c1ccc(C2=C=NC(c3cccc(C=O)c3)=N2)nc1. The second-order valence-electron chi connectivity index (χ2n) is 5.07. The van der Waals surface area contributed by atoms with Gasteiger partial charge in [-0.15, -0.1) is 0 Å². The van der Waals surface area contributed by atoms with Crippen molar-refractivity contribution >= 4 is 23.7 Å². The molecule has 0 radical (unpaired) electrons. The van der Waals surface area contributed by atoms with E-state index in [1.165, 1.54) is 12.1 Å². The molecule has 0 saturated carbocycles. The fraction of sp³-hybridized carbons (Fsp3) is 0.118. The molecule has 6 heteroatoms. The summed E-state index contributed by atoms with van der Waals surface area (Å²) in [5, 5.41) is 0. The number of pyridine rings is 1. The highest BCUT2D eigenvalue weighted by Gasteiger charge is 2.24. The normalized spacial score (nSPS) is 13.7. The lowest BCUT2D eigenvalue weighted by Crippen LogP contribution is -2.07. The first-order valence-corrected chi connectivity index (χ1v) is 6.80. The fourth-order valence-electron chi connectivity index (χ4n) is 2.05. The maximum atomic E-state index is 13.2. The minimum Gasteiger partial charge on any atom is -0.298 e. The Bertz CT molecular complexity index is 858. The van der Waals surface area contributed by atoms with Crippen LogP contribution in [0.25, 0.3) is 5.70 Å². The van der Waals surface area contributed by atoms with Crippen molar-refractivity contribution in [1.29, 1.82) is 0 Å². The van der Waals surface area contributed by atoms with Crippen LogP contribution < -0.4 is 0 Å². The summed E-state index contributed by atoms with van der Waals surface area (Å²) in [4.78, 5) is 23.2. The number of nitrogens with zero attached hydrogens (tertiary/aromatic N) is 3. The zero-order chi connectivity index (χ0) is 16.4. The van der Waals surface area contributed by atoms with Gasteiger partial charge in [0.25, 0.3) is 5.92 Å². The second kappa shape index (κ2) is 5.66. The predicted molar refractivity (Wildman–Crippen MR) is 83.0 cm³/mol. The number of aromatic nitrogens is 1. The van der Waals surface area contributed by atoms with Gasteiger partial charge in [-0.2, -0.15) is 4.99 Å². The van der Waals surface area contributed by atoms with E-state index in [0.717, 1.165) is 19.4 Å². The number of hydrogen-bond acceptors (Lipinski definition) is 4. The molecule has 3 rings (SSSR count). The number of amidine groups is 1. The van der Waals surface area contributed by atoms with Crippen molar-refractivity contribution in [2.24, 2.45) is 9.98 Å². The molecule has 23 heavy (non-hydrogen) atoms. The fourth-order valence-corrected chi connectivity index (χ4v) is 2.05. The summed E-state index contributed by atoms with van der Waals surface area (Å²) in [7, 11) is 0.